The van der Waals surface area contributed by atoms with Crippen LogP contribution in [0.5, 0.6) is 17.2 Å². The minimum absolute atomic E-state index is 0.0492. The summed E-state index contributed by atoms with van der Waals surface area (Å²) in [4.78, 5) is 5.82. The van der Waals surface area contributed by atoms with Crippen molar-refractivity contribution in [2.75, 3.05) is 33.5 Å². The molecule has 2 aliphatic rings. The zero-order chi connectivity index (χ0) is 28.3. The van der Waals surface area contributed by atoms with E-state index in [1.54, 1.807) is 0 Å². The van der Waals surface area contributed by atoms with Gasteiger partial charge in [-0.15, -0.1) is 0 Å². The summed E-state index contributed by atoms with van der Waals surface area (Å²) in [6.45, 7) is 1.44. The van der Waals surface area contributed by atoms with Crippen molar-refractivity contribution in [3.63, 3.8) is 0 Å². The summed E-state index contributed by atoms with van der Waals surface area (Å²) < 4.78 is 69.3. The van der Waals surface area contributed by atoms with Crippen LogP contribution in [0, 0.1) is 0 Å². The van der Waals surface area contributed by atoms with Crippen LogP contribution < -0.4 is 19.9 Å². The number of methoxy groups -OCH3 is 1. The Morgan fingerprint density at radius 3 is 2.73 bits per heavy atom. The van der Waals surface area contributed by atoms with Gasteiger partial charge >= 0.3 is 6.18 Å². The first-order valence-electron chi connectivity index (χ1n) is 12.6. The second-order valence-electron chi connectivity index (χ2n) is 9.25. The van der Waals surface area contributed by atoms with E-state index >= 15 is 0 Å². The molecule has 1 fully saturated rings. The van der Waals surface area contributed by atoms with Crippen molar-refractivity contribution in [1.29, 1.82) is 0 Å². The number of ether oxygens (including phenoxy) is 4. The SMILES string of the molecule is CO[C@H]1CCN(/C(N)=N/O)[C@@H]1c1nc(-c2ccc(OCCCc3ccc4c(c3)OCCO4)c(C(F)(F)F)c2)no1. The standard InChI is InChI=1S/C26H28F3N5O6/c1-36-20-8-9-34(25(30)32-35)22(20)24-31-23(33-40-24)16-5-7-18(17(14-16)26(27,28)29)37-10-2-3-15-4-6-19-21(13-15)39-12-11-38-19/h4-7,13-14,20,22,35H,2-3,8-12H2,1H3,(H2,30,32)/t20-,22-/m0/s1. The number of aryl methyl sites for hydroxylation is 1. The van der Waals surface area contributed by atoms with Crippen molar-refractivity contribution in [3.8, 4) is 28.6 Å². The minimum Gasteiger partial charge on any atom is -0.493 e. The largest absolute Gasteiger partial charge is 0.493 e. The number of alkyl halides is 3. The maximum atomic E-state index is 14.0. The molecule has 0 spiro atoms. The predicted octanol–water partition coefficient (Wildman–Crippen LogP) is 4.00. The number of aromatic nitrogens is 2. The number of benzene rings is 2. The van der Waals surface area contributed by atoms with Crippen LogP contribution in [0.15, 0.2) is 46.1 Å². The van der Waals surface area contributed by atoms with Gasteiger partial charge < -0.3 is 39.3 Å². The number of guanidine groups is 1. The van der Waals surface area contributed by atoms with Crippen LogP contribution in [-0.4, -0.2) is 65.8 Å². The molecule has 3 N–H and O–H groups in total. The van der Waals surface area contributed by atoms with Gasteiger partial charge in [0.15, 0.2) is 11.5 Å². The van der Waals surface area contributed by atoms with Gasteiger partial charge in [0.25, 0.3) is 5.89 Å². The highest BCUT2D eigenvalue weighted by atomic mass is 19.4. The average Bonchev–Trinajstić information content (AvgIpc) is 3.61. The summed E-state index contributed by atoms with van der Waals surface area (Å²) in [5, 5.41) is 16.0. The zero-order valence-corrected chi connectivity index (χ0v) is 21.6. The Hall–Kier alpha value is -4.20. The van der Waals surface area contributed by atoms with E-state index < -0.39 is 23.9 Å². The van der Waals surface area contributed by atoms with E-state index in [2.05, 4.69) is 15.3 Å². The molecule has 2 aliphatic heterocycles. The number of hydrogen-bond donors (Lipinski definition) is 2. The molecule has 0 radical (unpaired) electrons. The number of hydrogen-bond acceptors (Lipinski definition) is 9. The number of likely N-dealkylation sites (tertiary alicyclic amines) is 1. The van der Waals surface area contributed by atoms with Crippen molar-refractivity contribution in [1.82, 2.24) is 15.0 Å². The molecule has 1 saturated heterocycles. The van der Waals surface area contributed by atoms with E-state index in [0.717, 1.165) is 11.6 Å². The summed E-state index contributed by atoms with van der Waals surface area (Å²) in [5.41, 5.74) is 5.87. The van der Waals surface area contributed by atoms with Gasteiger partial charge in [-0.3, -0.25) is 0 Å². The Labute approximate surface area is 227 Å². The third kappa shape index (κ3) is 5.71. The molecule has 14 heteroatoms. The molecule has 1 aromatic heterocycles. The van der Waals surface area contributed by atoms with E-state index in [1.807, 2.05) is 18.2 Å². The monoisotopic (exact) mass is 563 g/mol. The number of oxime groups is 1. The Morgan fingerprint density at radius 2 is 1.98 bits per heavy atom. The molecule has 0 amide bonds. The van der Waals surface area contributed by atoms with Crippen LogP contribution >= 0.6 is 0 Å². The van der Waals surface area contributed by atoms with Crippen LogP contribution in [0.3, 0.4) is 0 Å². The lowest BCUT2D eigenvalue weighted by Crippen LogP contribution is -2.39. The molecule has 2 aromatic carbocycles. The van der Waals surface area contributed by atoms with Crippen molar-refractivity contribution < 1.29 is 41.8 Å². The predicted molar refractivity (Wildman–Crippen MR) is 134 cm³/mol. The third-order valence-electron chi connectivity index (χ3n) is 6.75. The van der Waals surface area contributed by atoms with E-state index in [0.29, 0.717) is 50.5 Å². The summed E-state index contributed by atoms with van der Waals surface area (Å²) in [6, 6.07) is 8.53. The molecule has 3 heterocycles. The fourth-order valence-electron chi connectivity index (χ4n) is 4.81. The molecular weight excluding hydrogens is 535 g/mol. The third-order valence-corrected chi connectivity index (χ3v) is 6.75. The molecule has 0 unspecified atom stereocenters. The van der Waals surface area contributed by atoms with Crippen LogP contribution in [0.1, 0.15) is 35.9 Å². The van der Waals surface area contributed by atoms with Gasteiger partial charge in [0, 0.05) is 19.2 Å². The lowest BCUT2D eigenvalue weighted by atomic mass is 10.1. The Morgan fingerprint density at radius 1 is 1.18 bits per heavy atom. The van der Waals surface area contributed by atoms with Crippen LogP contribution in [-0.2, 0) is 17.3 Å². The molecule has 0 bridgehead atoms. The molecule has 2 atom stereocenters. The van der Waals surface area contributed by atoms with Gasteiger partial charge in [-0.2, -0.15) is 18.2 Å². The summed E-state index contributed by atoms with van der Waals surface area (Å²) >= 11 is 0. The molecule has 3 aromatic rings. The zero-order valence-electron chi connectivity index (χ0n) is 21.6. The van der Waals surface area contributed by atoms with Gasteiger partial charge in [-0.05, 0) is 55.2 Å². The highest BCUT2D eigenvalue weighted by molar-refractivity contribution is 5.78. The number of halogens is 3. The molecular formula is C26H28F3N5O6. The fraction of sp³-hybridized carbons (Fsp3) is 0.423. The number of rotatable bonds is 8. The van der Waals surface area contributed by atoms with E-state index in [-0.39, 0.29) is 35.6 Å². The Bertz CT molecular complexity index is 1360. The first-order valence-corrected chi connectivity index (χ1v) is 12.6. The highest BCUT2D eigenvalue weighted by Crippen LogP contribution is 2.39. The normalized spacial score (nSPS) is 19.2. The van der Waals surface area contributed by atoms with E-state index in [4.69, 9.17) is 34.4 Å². The van der Waals surface area contributed by atoms with Crippen LogP contribution in [0.25, 0.3) is 11.4 Å². The first-order chi connectivity index (χ1) is 19.3. The van der Waals surface area contributed by atoms with E-state index in [1.165, 1.54) is 24.1 Å². The maximum absolute atomic E-state index is 14.0. The molecule has 11 nitrogen and oxygen atoms in total. The Kier molecular flexibility index (Phi) is 7.87. The van der Waals surface area contributed by atoms with Crippen molar-refractivity contribution >= 4 is 5.96 Å². The number of nitrogens with two attached hydrogens (primary N) is 1. The molecule has 40 heavy (non-hydrogen) atoms. The van der Waals surface area contributed by atoms with Gasteiger partial charge in [0.1, 0.15) is 25.0 Å². The molecule has 0 aliphatic carbocycles. The molecule has 0 saturated carbocycles. The van der Waals surface area contributed by atoms with Gasteiger partial charge in [0.05, 0.1) is 18.3 Å². The molecule has 5 rings (SSSR count). The average molecular weight is 564 g/mol. The number of nitrogens with zero attached hydrogens (tertiary/aromatic N) is 4. The topological polar surface area (TPSA) is 138 Å². The van der Waals surface area contributed by atoms with Crippen molar-refractivity contribution in [2.24, 2.45) is 10.9 Å². The summed E-state index contributed by atoms with van der Waals surface area (Å²) in [5.74, 6) is 0.894. The lowest BCUT2D eigenvalue weighted by Gasteiger charge is -2.24. The maximum Gasteiger partial charge on any atom is 0.419 e. The van der Waals surface area contributed by atoms with Crippen molar-refractivity contribution in [2.45, 2.75) is 37.6 Å². The minimum atomic E-state index is -4.68. The van der Waals surface area contributed by atoms with Gasteiger partial charge in [0.2, 0.25) is 11.8 Å². The summed E-state index contributed by atoms with van der Waals surface area (Å²) in [6.07, 6.45) is -3.46. The second kappa shape index (κ2) is 11.5. The van der Waals surface area contributed by atoms with Crippen molar-refractivity contribution in [3.05, 3.63) is 53.4 Å². The van der Waals surface area contributed by atoms with Crippen LogP contribution in [0.2, 0.25) is 0 Å². The quantitative estimate of drug-likeness (QED) is 0.136. The number of fused-ring (bicyclic) bond motifs is 1. The van der Waals surface area contributed by atoms with Gasteiger partial charge in [-0.1, -0.05) is 16.4 Å². The van der Waals surface area contributed by atoms with Gasteiger partial charge in [-0.25, -0.2) is 0 Å². The second-order valence-corrected chi connectivity index (χ2v) is 9.25. The highest BCUT2D eigenvalue weighted by Gasteiger charge is 2.41. The fourth-order valence-corrected chi connectivity index (χ4v) is 4.81. The smallest absolute Gasteiger partial charge is 0.419 e. The first kappa shape index (κ1) is 27.4. The van der Waals surface area contributed by atoms with E-state index in [9.17, 15) is 13.2 Å². The summed E-state index contributed by atoms with van der Waals surface area (Å²) in [7, 11) is 1.50. The molecule has 214 valence electrons. The lowest BCUT2D eigenvalue weighted by molar-refractivity contribution is -0.138. The Balaban J connectivity index is 1.29. The van der Waals surface area contributed by atoms with Crippen LogP contribution in [0.4, 0.5) is 13.2 Å².